The van der Waals surface area contributed by atoms with Gasteiger partial charge in [-0.15, -0.1) is 0 Å². The Morgan fingerprint density at radius 1 is 1.08 bits per heavy atom. The van der Waals surface area contributed by atoms with Crippen molar-refractivity contribution in [2.24, 2.45) is 5.73 Å². The van der Waals surface area contributed by atoms with Crippen molar-refractivity contribution in [1.29, 1.82) is 0 Å². The molecule has 1 unspecified atom stereocenters. The molecule has 1 aliphatic rings. The van der Waals surface area contributed by atoms with Crippen molar-refractivity contribution in [2.45, 2.75) is 19.6 Å². The fourth-order valence-corrected chi connectivity index (χ4v) is 3.09. The maximum atomic E-state index is 6.12. The number of ether oxygens (including phenoxy) is 2. The molecule has 128 valence electrons. The molecule has 0 aliphatic carbocycles. The minimum Gasteiger partial charge on any atom is -0.489 e. The molecule has 2 aromatic rings. The van der Waals surface area contributed by atoms with E-state index < -0.39 is 0 Å². The van der Waals surface area contributed by atoms with Crippen LogP contribution in [-0.2, 0) is 11.3 Å². The Hall–Kier alpha value is -1.88. The van der Waals surface area contributed by atoms with Gasteiger partial charge in [0.2, 0.25) is 0 Å². The zero-order chi connectivity index (χ0) is 16.8. The molecule has 0 amide bonds. The van der Waals surface area contributed by atoms with E-state index in [2.05, 4.69) is 48.2 Å². The normalized spacial score (nSPS) is 16.8. The van der Waals surface area contributed by atoms with Crippen LogP contribution >= 0.6 is 0 Å². The van der Waals surface area contributed by atoms with E-state index in [9.17, 15) is 0 Å². The Balaban J connectivity index is 1.74. The van der Waals surface area contributed by atoms with E-state index in [4.69, 9.17) is 15.2 Å². The molecule has 1 aliphatic heterocycles. The molecule has 1 atom stereocenters. The Morgan fingerprint density at radius 3 is 2.50 bits per heavy atom. The molecule has 1 heterocycles. The van der Waals surface area contributed by atoms with Gasteiger partial charge in [0.05, 0.1) is 19.3 Å². The zero-order valence-corrected chi connectivity index (χ0v) is 14.3. The predicted octanol–water partition coefficient (Wildman–Crippen LogP) is 2.91. The lowest BCUT2D eigenvalue weighted by Crippen LogP contribution is -2.41. The van der Waals surface area contributed by atoms with E-state index >= 15 is 0 Å². The molecule has 4 heteroatoms. The van der Waals surface area contributed by atoms with E-state index in [1.54, 1.807) is 0 Å². The third-order valence-corrected chi connectivity index (χ3v) is 4.50. The minimum atomic E-state index is 0.170. The summed E-state index contributed by atoms with van der Waals surface area (Å²) in [5.41, 5.74) is 9.68. The number of rotatable bonds is 6. The number of nitrogens with two attached hydrogens (primary N) is 1. The van der Waals surface area contributed by atoms with Gasteiger partial charge >= 0.3 is 0 Å². The monoisotopic (exact) mass is 326 g/mol. The summed E-state index contributed by atoms with van der Waals surface area (Å²) in [6, 6.07) is 16.8. The van der Waals surface area contributed by atoms with E-state index in [1.165, 1.54) is 11.1 Å². The summed E-state index contributed by atoms with van der Waals surface area (Å²) in [4.78, 5) is 2.39. The van der Waals surface area contributed by atoms with Crippen molar-refractivity contribution in [3.05, 3.63) is 65.2 Å². The SMILES string of the molecule is Cc1ccc(COc2ccccc2C(CN)N2CCOCC2)cc1. The van der Waals surface area contributed by atoms with Crippen molar-refractivity contribution in [3.63, 3.8) is 0 Å². The predicted molar refractivity (Wildman–Crippen MR) is 96.1 cm³/mol. The number of benzene rings is 2. The molecule has 1 saturated heterocycles. The van der Waals surface area contributed by atoms with Gasteiger partial charge in [-0.25, -0.2) is 0 Å². The van der Waals surface area contributed by atoms with E-state index in [-0.39, 0.29) is 6.04 Å². The van der Waals surface area contributed by atoms with Crippen LogP contribution in [-0.4, -0.2) is 37.7 Å². The first-order valence-electron chi connectivity index (χ1n) is 8.57. The number of aryl methyl sites for hydroxylation is 1. The highest BCUT2D eigenvalue weighted by atomic mass is 16.5. The molecule has 2 N–H and O–H groups in total. The molecule has 4 nitrogen and oxygen atoms in total. The molecule has 24 heavy (non-hydrogen) atoms. The van der Waals surface area contributed by atoms with Crippen molar-refractivity contribution in [1.82, 2.24) is 4.90 Å². The Bertz CT molecular complexity index is 636. The highest BCUT2D eigenvalue weighted by molar-refractivity contribution is 5.36. The zero-order valence-electron chi connectivity index (χ0n) is 14.3. The van der Waals surface area contributed by atoms with Gasteiger partial charge in [-0.1, -0.05) is 48.0 Å². The van der Waals surface area contributed by atoms with Crippen molar-refractivity contribution in [2.75, 3.05) is 32.8 Å². The quantitative estimate of drug-likeness (QED) is 0.887. The summed E-state index contributed by atoms with van der Waals surface area (Å²) in [5, 5.41) is 0. The van der Waals surface area contributed by atoms with Gasteiger partial charge in [-0.2, -0.15) is 0 Å². The van der Waals surface area contributed by atoms with Gasteiger partial charge in [0, 0.05) is 25.2 Å². The first kappa shape index (κ1) is 17.0. The first-order chi connectivity index (χ1) is 11.8. The average molecular weight is 326 g/mol. The molecule has 2 aromatic carbocycles. The molecular weight excluding hydrogens is 300 g/mol. The van der Waals surface area contributed by atoms with Crippen LogP contribution in [0.2, 0.25) is 0 Å². The van der Waals surface area contributed by atoms with Crippen LogP contribution in [0.25, 0.3) is 0 Å². The first-order valence-corrected chi connectivity index (χ1v) is 8.57. The number of nitrogens with zero attached hydrogens (tertiary/aromatic N) is 1. The standard InChI is InChI=1S/C20H26N2O2/c1-16-6-8-17(9-7-16)15-24-20-5-3-2-4-18(20)19(14-21)22-10-12-23-13-11-22/h2-9,19H,10-15,21H2,1H3. The van der Waals surface area contributed by atoms with Crippen LogP contribution in [0, 0.1) is 6.92 Å². The second-order valence-electron chi connectivity index (χ2n) is 6.21. The summed E-state index contributed by atoms with van der Waals surface area (Å²) in [6.07, 6.45) is 0. The van der Waals surface area contributed by atoms with E-state index in [0.717, 1.165) is 37.6 Å². The lowest BCUT2D eigenvalue weighted by molar-refractivity contribution is 0.0173. The molecule has 0 spiro atoms. The van der Waals surface area contributed by atoms with Gasteiger partial charge in [0.25, 0.3) is 0 Å². The maximum Gasteiger partial charge on any atom is 0.124 e. The van der Waals surface area contributed by atoms with Gasteiger partial charge in [0.1, 0.15) is 12.4 Å². The van der Waals surface area contributed by atoms with Gasteiger partial charge in [-0.3, -0.25) is 4.90 Å². The van der Waals surface area contributed by atoms with Crippen LogP contribution in [0.15, 0.2) is 48.5 Å². The molecule has 0 saturated carbocycles. The second-order valence-corrected chi connectivity index (χ2v) is 6.21. The molecule has 0 aromatic heterocycles. The second kappa shape index (κ2) is 8.29. The molecule has 1 fully saturated rings. The summed E-state index contributed by atoms with van der Waals surface area (Å²) < 4.78 is 11.6. The third kappa shape index (κ3) is 4.15. The van der Waals surface area contributed by atoms with Crippen LogP contribution in [0.4, 0.5) is 0 Å². The molecule has 0 bridgehead atoms. The number of hydrogen-bond acceptors (Lipinski definition) is 4. The third-order valence-electron chi connectivity index (χ3n) is 4.50. The van der Waals surface area contributed by atoms with Gasteiger partial charge < -0.3 is 15.2 Å². The van der Waals surface area contributed by atoms with E-state index in [0.29, 0.717) is 13.2 Å². The summed E-state index contributed by atoms with van der Waals surface area (Å²) >= 11 is 0. The number of para-hydroxylation sites is 1. The molecular formula is C20H26N2O2. The lowest BCUT2D eigenvalue weighted by atomic mass is 10.0. The smallest absolute Gasteiger partial charge is 0.124 e. The topological polar surface area (TPSA) is 47.7 Å². The molecule has 3 rings (SSSR count). The number of morpholine rings is 1. The van der Waals surface area contributed by atoms with Gasteiger partial charge in [-0.05, 0) is 18.6 Å². The van der Waals surface area contributed by atoms with Crippen molar-refractivity contribution in [3.8, 4) is 5.75 Å². The lowest BCUT2D eigenvalue weighted by Gasteiger charge is -2.34. The summed E-state index contributed by atoms with van der Waals surface area (Å²) in [5.74, 6) is 0.917. The van der Waals surface area contributed by atoms with Crippen molar-refractivity contribution >= 4 is 0 Å². The highest BCUT2D eigenvalue weighted by Gasteiger charge is 2.23. The van der Waals surface area contributed by atoms with Crippen LogP contribution in [0.3, 0.4) is 0 Å². The van der Waals surface area contributed by atoms with Gasteiger partial charge in [0.15, 0.2) is 0 Å². The summed E-state index contributed by atoms with van der Waals surface area (Å²) in [7, 11) is 0. The van der Waals surface area contributed by atoms with E-state index in [1.807, 2.05) is 12.1 Å². The maximum absolute atomic E-state index is 6.12. The largest absolute Gasteiger partial charge is 0.489 e. The average Bonchev–Trinajstić information content (AvgIpc) is 2.64. The Kier molecular flexibility index (Phi) is 5.86. The fourth-order valence-electron chi connectivity index (χ4n) is 3.09. The van der Waals surface area contributed by atoms with Crippen LogP contribution in [0.1, 0.15) is 22.7 Å². The van der Waals surface area contributed by atoms with Crippen LogP contribution in [0.5, 0.6) is 5.75 Å². The Morgan fingerprint density at radius 2 is 1.79 bits per heavy atom. The Labute approximate surface area is 144 Å². The minimum absolute atomic E-state index is 0.170. The number of hydrogen-bond donors (Lipinski definition) is 1. The van der Waals surface area contributed by atoms with Crippen LogP contribution < -0.4 is 10.5 Å². The fraction of sp³-hybridized carbons (Fsp3) is 0.400. The highest BCUT2D eigenvalue weighted by Crippen LogP contribution is 2.30. The molecule has 0 radical (unpaired) electrons. The van der Waals surface area contributed by atoms with Crippen molar-refractivity contribution < 1.29 is 9.47 Å². The summed E-state index contributed by atoms with van der Waals surface area (Å²) in [6.45, 7) is 6.59.